The lowest BCUT2D eigenvalue weighted by Crippen LogP contribution is -2.79. The zero-order chi connectivity index (χ0) is 53.1. The van der Waals surface area contributed by atoms with Gasteiger partial charge in [-0.15, -0.1) is 11.8 Å². The molecule has 16 atom stereocenters. The molecule has 0 heterocycles. The molecule has 0 aromatic heterocycles. The number of aliphatic imine (C=N–C) groups is 1. The average molecular weight is 1030 g/mol. The predicted octanol–water partition coefficient (Wildman–Crippen LogP) is 6.95. The number of fused-ring (bicyclic) bond motifs is 2. The summed E-state index contributed by atoms with van der Waals surface area (Å²) in [6, 6.07) is 8.35. The SMILES string of the molecule is CC(C(=O)O)=C1CCC2(N=C(N)N)C=CC34C5C6=C7CC=C6C1(O)C2(O)C3CC(O)C1(CCCC1)CC1C(=O)C2=C3C6(O)C=C(C7)C5(O)C3(CCC#CCC3(C)C(=O)CCC2(C)C3C6C2=Cc3ccccc3CC2)C14C. The van der Waals surface area contributed by atoms with Crippen LogP contribution in [0.3, 0.4) is 0 Å². The van der Waals surface area contributed by atoms with Gasteiger partial charge in [-0.3, -0.25) is 9.59 Å². The van der Waals surface area contributed by atoms with Gasteiger partial charge >= 0.3 is 5.97 Å². The van der Waals surface area contributed by atoms with Crippen LogP contribution < -0.4 is 11.5 Å². The van der Waals surface area contributed by atoms with Crippen LogP contribution in [0.25, 0.3) is 6.08 Å². The first kappa shape index (κ1) is 48.0. The number of allylic oxidation sites excluding steroid dienone is 4. The lowest BCUT2D eigenvalue weighted by atomic mass is 9.29. The first-order valence-corrected chi connectivity index (χ1v) is 28.5. The van der Waals surface area contributed by atoms with Crippen molar-refractivity contribution in [1.29, 1.82) is 0 Å². The number of nitrogens with zero attached hydrogens (tertiary/aromatic N) is 1. The molecule has 8 bridgehead atoms. The van der Waals surface area contributed by atoms with Crippen molar-refractivity contribution in [2.75, 3.05) is 0 Å². The fourth-order valence-corrected chi connectivity index (χ4v) is 22.9. The molecule has 14 aliphatic carbocycles. The van der Waals surface area contributed by atoms with Crippen LogP contribution >= 0.6 is 0 Å². The van der Waals surface area contributed by atoms with E-state index in [0.29, 0.717) is 60.0 Å². The second-order valence-electron chi connectivity index (χ2n) is 27.3. The van der Waals surface area contributed by atoms with Gasteiger partial charge in [-0.05, 0) is 140 Å². The molecule has 0 radical (unpaired) electrons. The van der Waals surface area contributed by atoms with E-state index in [9.17, 15) is 20.1 Å². The van der Waals surface area contributed by atoms with Crippen molar-refractivity contribution in [2.45, 2.75) is 171 Å². The number of rotatable bonds is 3. The summed E-state index contributed by atoms with van der Waals surface area (Å²) in [6.07, 6.45) is 15.1. The Morgan fingerprint density at radius 2 is 1.66 bits per heavy atom. The number of hydrogen-bond acceptors (Lipinski definition) is 9. The fourth-order valence-electron chi connectivity index (χ4n) is 22.9. The lowest BCUT2D eigenvalue weighted by molar-refractivity contribution is -0.252. The van der Waals surface area contributed by atoms with Gasteiger partial charge in [0.05, 0.1) is 6.10 Å². The number of hydrogen-bond donors (Lipinski definition) is 8. The summed E-state index contributed by atoms with van der Waals surface area (Å²) in [5, 5.41) is 85.7. The molecule has 396 valence electrons. The third kappa shape index (κ3) is 4.62. The highest BCUT2D eigenvalue weighted by atomic mass is 16.4. The number of carbonyl (C=O) groups is 3. The Hall–Kier alpha value is -5.16. The zero-order valence-corrected chi connectivity index (χ0v) is 44.2. The minimum Gasteiger partial charge on any atom is -0.478 e. The Bertz CT molecular complexity index is 3370. The maximum absolute atomic E-state index is 17.7. The summed E-state index contributed by atoms with van der Waals surface area (Å²) in [4.78, 5) is 51.3. The highest BCUT2D eigenvalue weighted by Crippen LogP contribution is 2.92. The zero-order valence-electron chi connectivity index (χ0n) is 44.2. The predicted molar refractivity (Wildman–Crippen MR) is 283 cm³/mol. The van der Waals surface area contributed by atoms with E-state index < -0.39 is 102 Å². The molecule has 15 rings (SSSR count). The number of Topliss-reactive ketones (excluding diaryl/α,β-unsaturated/α-hetero) is 2. The van der Waals surface area contributed by atoms with E-state index in [4.69, 9.17) is 16.5 Å². The molecular formula is C64H71N3O9. The highest BCUT2D eigenvalue weighted by molar-refractivity contribution is 6.04. The summed E-state index contributed by atoms with van der Waals surface area (Å²) in [5.74, 6) is 1.08. The van der Waals surface area contributed by atoms with Gasteiger partial charge in [0.2, 0.25) is 0 Å². The third-order valence-electron chi connectivity index (χ3n) is 25.4. The molecule has 12 heteroatoms. The second kappa shape index (κ2) is 14.2. The molecule has 76 heavy (non-hydrogen) atoms. The highest BCUT2D eigenvalue weighted by Gasteiger charge is 2.94. The average Bonchev–Trinajstić information content (AvgIpc) is 2.30. The summed E-state index contributed by atoms with van der Waals surface area (Å²) in [7, 11) is 0. The largest absolute Gasteiger partial charge is 0.478 e. The van der Waals surface area contributed by atoms with Crippen molar-refractivity contribution in [3.8, 4) is 11.8 Å². The first-order chi connectivity index (χ1) is 36.0. The van der Waals surface area contributed by atoms with Crippen LogP contribution in [-0.4, -0.2) is 88.2 Å². The van der Waals surface area contributed by atoms with Crippen LogP contribution in [0.2, 0.25) is 0 Å². The number of carboxylic acids is 1. The van der Waals surface area contributed by atoms with E-state index in [1.807, 2.05) is 31.2 Å². The topological polar surface area (TPSA) is 237 Å². The molecule has 6 fully saturated rings. The second-order valence-corrected chi connectivity index (χ2v) is 27.3. The Labute approximate surface area is 444 Å². The molecule has 0 amide bonds. The molecule has 3 spiro atoms. The summed E-state index contributed by atoms with van der Waals surface area (Å²) >= 11 is 0. The summed E-state index contributed by atoms with van der Waals surface area (Å²) in [6.45, 7) is 7.86. The van der Waals surface area contributed by atoms with Crippen LogP contribution in [0.1, 0.15) is 142 Å². The Balaban J connectivity index is 1.16. The molecule has 6 saturated carbocycles. The Kier molecular flexibility index (Phi) is 8.95. The Morgan fingerprint density at radius 3 is 2.41 bits per heavy atom. The van der Waals surface area contributed by atoms with Gasteiger partial charge in [0, 0.05) is 81.2 Å². The standard InChI is InChI=1S/C64H71N3O9/c1-33(52(71)72)39-18-25-58(67-53(65)66)26-27-59-42-30-44(69)57(21-10-11-22-57)32-41-48(70)47-51-60(73)31-38-29-36-16-17-40(63(39,75)64(42,58)76)45(36)49(59)62(38,74)61(51,56(41,59)4)23-9-5-8-20-54(2)43(68)19-24-55(47,3)50(54)46(60)37-15-14-34-12-6-7-13-35(34)28-37/h6-7,12-13,17,26-28,31,41-42,44,46,49-50,69,73-76H,9-11,14-16,18-25,29-30,32H2,1-4H3,(H,71,72)(H4,65,66,67). The Morgan fingerprint density at radius 1 is 0.895 bits per heavy atom. The molecule has 16 unspecified atom stereocenters. The van der Waals surface area contributed by atoms with Crippen molar-refractivity contribution < 1.29 is 45.0 Å². The summed E-state index contributed by atoms with van der Waals surface area (Å²) < 4.78 is 0. The number of aliphatic carboxylic acids is 1. The van der Waals surface area contributed by atoms with Gasteiger partial charge in [-0.25, -0.2) is 9.79 Å². The maximum Gasteiger partial charge on any atom is 0.331 e. The van der Waals surface area contributed by atoms with Crippen LogP contribution in [0, 0.1) is 73.9 Å². The van der Waals surface area contributed by atoms with Crippen LogP contribution in [0.5, 0.6) is 0 Å². The number of ketones is 2. The van der Waals surface area contributed by atoms with Gasteiger partial charge in [0.25, 0.3) is 0 Å². The van der Waals surface area contributed by atoms with Gasteiger partial charge < -0.3 is 42.1 Å². The van der Waals surface area contributed by atoms with E-state index in [1.165, 1.54) is 12.5 Å². The van der Waals surface area contributed by atoms with E-state index in [1.54, 1.807) is 0 Å². The van der Waals surface area contributed by atoms with Crippen LogP contribution in [-0.2, 0) is 20.8 Å². The van der Waals surface area contributed by atoms with E-state index >= 15 is 24.9 Å². The van der Waals surface area contributed by atoms with Gasteiger partial charge in [0.1, 0.15) is 33.7 Å². The summed E-state index contributed by atoms with van der Waals surface area (Å²) in [5.41, 5.74) is 1.87. The van der Waals surface area contributed by atoms with E-state index in [2.05, 4.69) is 56.0 Å². The van der Waals surface area contributed by atoms with Gasteiger partial charge in [-0.1, -0.05) is 93.3 Å². The monoisotopic (exact) mass is 1030 g/mol. The third-order valence-corrected chi connectivity index (χ3v) is 25.4. The van der Waals surface area contributed by atoms with Gasteiger partial charge in [0.15, 0.2) is 11.7 Å². The molecule has 0 aliphatic heterocycles. The smallest absolute Gasteiger partial charge is 0.331 e. The number of guanidine groups is 1. The molecule has 0 saturated heterocycles. The van der Waals surface area contributed by atoms with Crippen molar-refractivity contribution >= 4 is 29.6 Å². The number of carboxylic acid groups (broad SMARTS) is 1. The molecule has 1 aromatic rings. The van der Waals surface area contributed by atoms with E-state index in [0.717, 1.165) is 36.0 Å². The molecule has 1 aromatic carbocycles. The van der Waals surface area contributed by atoms with Crippen molar-refractivity contribution in [3.05, 3.63) is 110 Å². The molecule has 12 nitrogen and oxygen atoms in total. The lowest BCUT2D eigenvalue weighted by Gasteiger charge is -2.74. The first-order valence-electron chi connectivity index (χ1n) is 28.5. The van der Waals surface area contributed by atoms with Gasteiger partial charge in [-0.2, -0.15) is 0 Å². The number of benzene rings is 1. The molecule has 14 aliphatic rings. The number of carbonyl (C=O) groups excluding carboxylic acids is 2. The normalized spacial score (nSPS) is 49.4. The van der Waals surface area contributed by atoms with Crippen molar-refractivity contribution in [2.24, 2.45) is 78.5 Å². The van der Waals surface area contributed by atoms with E-state index in [-0.39, 0.29) is 86.5 Å². The number of aryl methyl sites for hydroxylation is 1. The van der Waals surface area contributed by atoms with Crippen LogP contribution in [0.15, 0.2) is 104 Å². The van der Waals surface area contributed by atoms with Crippen LogP contribution in [0.4, 0.5) is 0 Å². The fraction of sp³-hybridized carbons (Fsp3) is 0.594. The minimum absolute atomic E-state index is 0.0114. The maximum atomic E-state index is 17.7. The van der Waals surface area contributed by atoms with Crippen molar-refractivity contribution in [3.63, 3.8) is 0 Å². The number of aliphatic hydroxyl groups excluding tert-OH is 1. The number of aliphatic hydroxyl groups is 5. The number of nitrogens with two attached hydrogens (primary N) is 2. The quantitative estimate of drug-likeness (QED) is 0.0507. The molecular weight excluding hydrogens is 955 g/mol. The van der Waals surface area contributed by atoms with Crippen molar-refractivity contribution in [1.82, 2.24) is 0 Å². The minimum atomic E-state index is -2.50. The molecule has 10 N–H and O–H groups in total.